The van der Waals surface area contributed by atoms with Gasteiger partial charge in [0.25, 0.3) is 0 Å². The van der Waals surface area contributed by atoms with E-state index in [1.807, 2.05) is 18.4 Å². The first kappa shape index (κ1) is 12.1. The van der Waals surface area contributed by atoms with Crippen molar-refractivity contribution in [2.45, 2.75) is 17.0 Å². The predicted octanol–water partition coefficient (Wildman–Crippen LogP) is 4.65. The van der Waals surface area contributed by atoms with Crippen molar-refractivity contribution in [3.05, 3.63) is 45.1 Å². The number of hydrogen-bond donors (Lipinski definition) is 0. The normalized spacial score (nSPS) is 10.7. The van der Waals surface area contributed by atoms with E-state index >= 15 is 0 Å². The molecule has 1 heterocycles. The van der Waals surface area contributed by atoms with Crippen molar-refractivity contribution in [1.29, 1.82) is 0 Å². The Labute approximate surface area is 110 Å². The van der Waals surface area contributed by atoms with Gasteiger partial charge in [0.15, 0.2) is 0 Å². The molecule has 0 aliphatic carbocycles. The first-order valence-corrected chi connectivity index (χ1v) is 7.30. The van der Waals surface area contributed by atoms with Crippen LogP contribution in [0.2, 0.25) is 0 Å². The second kappa shape index (κ2) is 5.29. The summed E-state index contributed by atoms with van der Waals surface area (Å²) >= 11 is 6.50. The van der Waals surface area contributed by atoms with Gasteiger partial charge in [0.05, 0.1) is 4.47 Å². The highest BCUT2D eigenvalue weighted by atomic mass is 79.9. The Morgan fingerprint density at radius 2 is 2.31 bits per heavy atom. The van der Waals surface area contributed by atoms with Gasteiger partial charge >= 0.3 is 0 Å². The van der Waals surface area contributed by atoms with Crippen LogP contribution in [0.1, 0.15) is 11.3 Å². The maximum absolute atomic E-state index is 13.2. The SMILES string of the molecule is Cc1csc(SCc2cccc(F)c2Br)n1. The van der Waals surface area contributed by atoms with E-state index in [-0.39, 0.29) is 5.82 Å². The molecule has 0 bridgehead atoms. The number of aromatic nitrogens is 1. The maximum atomic E-state index is 13.2. The third-order valence-electron chi connectivity index (χ3n) is 1.98. The molecule has 1 nitrogen and oxygen atoms in total. The molecule has 0 amide bonds. The van der Waals surface area contributed by atoms with Gasteiger partial charge < -0.3 is 0 Å². The fourth-order valence-corrected chi connectivity index (χ4v) is 3.63. The van der Waals surface area contributed by atoms with Gasteiger partial charge in [-0.05, 0) is 34.5 Å². The van der Waals surface area contributed by atoms with Gasteiger partial charge in [-0.2, -0.15) is 0 Å². The van der Waals surface area contributed by atoms with Crippen molar-refractivity contribution in [3.63, 3.8) is 0 Å². The Morgan fingerprint density at radius 3 is 3.00 bits per heavy atom. The molecule has 1 aromatic heterocycles. The van der Waals surface area contributed by atoms with Crippen LogP contribution in [0.15, 0.2) is 32.4 Å². The second-order valence-corrected chi connectivity index (χ2v) is 6.13. The lowest BCUT2D eigenvalue weighted by atomic mass is 10.2. The monoisotopic (exact) mass is 317 g/mol. The number of hydrogen-bond acceptors (Lipinski definition) is 3. The Bertz CT molecular complexity index is 498. The largest absolute Gasteiger partial charge is 0.235 e. The molecule has 0 unspecified atom stereocenters. The average Bonchev–Trinajstić information content (AvgIpc) is 2.67. The van der Waals surface area contributed by atoms with E-state index in [2.05, 4.69) is 20.9 Å². The first-order chi connectivity index (χ1) is 7.66. The molecule has 0 saturated heterocycles. The van der Waals surface area contributed by atoms with Crippen molar-refractivity contribution >= 4 is 39.0 Å². The van der Waals surface area contributed by atoms with E-state index in [4.69, 9.17) is 0 Å². The van der Waals surface area contributed by atoms with Gasteiger partial charge in [-0.3, -0.25) is 0 Å². The molecule has 1 aromatic carbocycles. The summed E-state index contributed by atoms with van der Waals surface area (Å²) in [4.78, 5) is 4.35. The highest BCUT2D eigenvalue weighted by Crippen LogP contribution is 2.30. The molecule has 5 heteroatoms. The van der Waals surface area contributed by atoms with Crippen LogP contribution in [0.4, 0.5) is 4.39 Å². The molecule has 2 rings (SSSR count). The van der Waals surface area contributed by atoms with Crippen LogP contribution in [0.3, 0.4) is 0 Å². The van der Waals surface area contributed by atoms with Crippen LogP contribution >= 0.6 is 39.0 Å². The summed E-state index contributed by atoms with van der Waals surface area (Å²) in [5.74, 6) is 0.513. The number of benzene rings is 1. The van der Waals surface area contributed by atoms with Gasteiger partial charge in [0, 0.05) is 16.8 Å². The molecule has 0 atom stereocenters. The lowest BCUT2D eigenvalue weighted by Crippen LogP contribution is -1.86. The molecular weight excluding hydrogens is 309 g/mol. The summed E-state index contributed by atoms with van der Waals surface area (Å²) in [5, 5.41) is 2.02. The van der Waals surface area contributed by atoms with Crippen molar-refractivity contribution < 1.29 is 4.39 Å². The minimum absolute atomic E-state index is 0.214. The molecule has 0 saturated carbocycles. The lowest BCUT2D eigenvalue weighted by molar-refractivity contribution is 0.619. The summed E-state index contributed by atoms with van der Waals surface area (Å²) in [6.45, 7) is 1.97. The third-order valence-corrected chi connectivity index (χ3v) is 5.06. The second-order valence-electron chi connectivity index (χ2n) is 3.26. The van der Waals surface area contributed by atoms with Crippen LogP contribution in [0.25, 0.3) is 0 Å². The van der Waals surface area contributed by atoms with E-state index in [0.717, 1.165) is 21.3 Å². The van der Waals surface area contributed by atoms with Crippen LogP contribution in [-0.2, 0) is 5.75 Å². The van der Waals surface area contributed by atoms with Gasteiger partial charge in [-0.15, -0.1) is 11.3 Å². The number of halogens is 2. The summed E-state index contributed by atoms with van der Waals surface area (Å²) in [6.07, 6.45) is 0. The highest BCUT2D eigenvalue weighted by molar-refractivity contribution is 9.10. The van der Waals surface area contributed by atoms with Gasteiger partial charge in [0.1, 0.15) is 10.2 Å². The van der Waals surface area contributed by atoms with Crippen LogP contribution < -0.4 is 0 Å². The Hall–Kier alpha value is -0.390. The topological polar surface area (TPSA) is 12.9 Å². The zero-order valence-corrected chi connectivity index (χ0v) is 11.8. The summed E-state index contributed by atoms with van der Waals surface area (Å²) in [6, 6.07) is 5.09. The Kier molecular flexibility index (Phi) is 4.00. The Morgan fingerprint density at radius 1 is 1.50 bits per heavy atom. The van der Waals surface area contributed by atoms with Crippen molar-refractivity contribution in [2.75, 3.05) is 0 Å². The highest BCUT2D eigenvalue weighted by Gasteiger charge is 2.06. The zero-order valence-electron chi connectivity index (χ0n) is 8.54. The van der Waals surface area contributed by atoms with E-state index in [1.165, 1.54) is 6.07 Å². The predicted molar refractivity (Wildman–Crippen MR) is 70.5 cm³/mol. The van der Waals surface area contributed by atoms with Crippen LogP contribution in [-0.4, -0.2) is 4.98 Å². The fraction of sp³-hybridized carbons (Fsp3) is 0.182. The zero-order chi connectivity index (χ0) is 11.5. The van der Waals surface area contributed by atoms with Gasteiger partial charge in [0.2, 0.25) is 0 Å². The third kappa shape index (κ3) is 2.84. The first-order valence-electron chi connectivity index (χ1n) is 4.64. The van der Waals surface area contributed by atoms with Crippen LogP contribution in [0, 0.1) is 12.7 Å². The summed E-state index contributed by atoms with van der Waals surface area (Å²) in [7, 11) is 0. The van der Waals surface area contributed by atoms with Gasteiger partial charge in [-0.25, -0.2) is 9.37 Å². The molecule has 0 fully saturated rings. The average molecular weight is 318 g/mol. The van der Waals surface area contributed by atoms with E-state index in [9.17, 15) is 4.39 Å². The molecular formula is C11H9BrFNS2. The van der Waals surface area contributed by atoms with Crippen molar-refractivity contribution in [1.82, 2.24) is 4.98 Å². The van der Waals surface area contributed by atoms with Crippen molar-refractivity contribution in [3.8, 4) is 0 Å². The minimum atomic E-state index is -0.214. The Balaban J connectivity index is 2.07. The molecule has 16 heavy (non-hydrogen) atoms. The van der Waals surface area contributed by atoms with Crippen LogP contribution in [0.5, 0.6) is 0 Å². The van der Waals surface area contributed by atoms with E-state index in [0.29, 0.717) is 4.47 Å². The molecule has 2 aromatic rings. The number of thiazole rings is 1. The molecule has 0 N–H and O–H groups in total. The van der Waals surface area contributed by atoms with Crippen molar-refractivity contribution in [2.24, 2.45) is 0 Å². The van der Waals surface area contributed by atoms with E-state index < -0.39 is 0 Å². The van der Waals surface area contributed by atoms with E-state index in [1.54, 1.807) is 29.2 Å². The number of nitrogens with zero attached hydrogens (tertiary/aromatic N) is 1. The number of rotatable bonds is 3. The molecule has 0 aliphatic heterocycles. The molecule has 0 radical (unpaired) electrons. The summed E-state index contributed by atoms with van der Waals surface area (Å²) < 4.78 is 14.8. The maximum Gasteiger partial charge on any atom is 0.150 e. The number of thioether (sulfide) groups is 1. The number of aryl methyl sites for hydroxylation is 1. The minimum Gasteiger partial charge on any atom is -0.235 e. The quantitative estimate of drug-likeness (QED) is 0.764. The standard InChI is InChI=1S/C11H9BrFNS2/c1-7-5-15-11(14-7)16-6-8-3-2-4-9(13)10(8)12/h2-5H,6H2,1H3. The van der Waals surface area contributed by atoms with Gasteiger partial charge in [-0.1, -0.05) is 23.9 Å². The summed E-state index contributed by atoms with van der Waals surface area (Å²) in [5.41, 5.74) is 1.99. The molecule has 84 valence electrons. The lowest BCUT2D eigenvalue weighted by Gasteiger charge is -2.03. The molecule has 0 spiro atoms. The molecule has 0 aliphatic rings. The smallest absolute Gasteiger partial charge is 0.150 e. The fourth-order valence-electron chi connectivity index (χ4n) is 1.20.